The fourth-order valence-electron chi connectivity index (χ4n) is 3.86. The third kappa shape index (κ3) is 3.54. The standard InChI is InChI=1S/C18H27N5O/c1-2-4-16(5-3-1)21-6-8-22(9-7-21)17-14-18(20-15-19-17)23-10-12-24-13-11-23/h2,4,14-16H,1,3,5-13H2/t16-/m0/s1. The molecule has 3 aliphatic rings. The highest BCUT2D eigenvalue weighted by Crippen LogP contribution is 2.22. The molecule has 4 rings (SSSR count). The highest BCUT2D eigenvalue weighted by atomic mass is 16.5. The second-order valence-corrected chi connectivity index (χ2v) is 6.78. The van der Waals surface area contributed by atoms with Crippen LogP contribution >= 0.6 is 0 Å². The van der Waals surface area contributed by atoms with Crippen molar-refractivity contribution in [3.05, 3.63) is 24.5 Å². The van der Waals surface area contributed by atoms with Crippen LogP contribution in [0.3, 0.4) is 0 Å². The third-order valence-electron chi connectivity index (χ3n) is 5.31. The zero-order chi connectivity index (χ0) is 16.2. The first kappa shape index (κ1) is 15.8. The SMILES string of the molecule is C1=C[C@H](N2CCN(c3cc(N4CCOCC4)ncn3)CC2)CCC1. The molecule has 0 aromatic carbocycles. The van der Waals surface area contributed by atoms with E-state index in [-0.39, 0.29) is 0 Å². The van der Waals surface area contributed by atoms with Crippen LogP contribution in [0.5, 0.6) is 0 Å². The van der Waals surface area contributed by atoms with Crippen LogP contribution in [0.2, 0.25) is 0 Å². The van der Waals surface area contributed by atoms with E-state index in [1.54, 1.807) is 6.33 Å². The smallest absolute Gasteiger partial charge is 0.134 e. The Bertz CT molecular complexity index is 564. The Kier molecular flexibility index (Phi) is 4.94. The largest absolute Gasteiger partial charge is 0.378 e. The molecule has 2 fully saturated rings. The molecule has 1 aromatic rings. The summed E-state index contributed by atoms with van der Waals surface area (Å²) in [5.41, 5.74) is 0. The van der Waals surface area contributed by atoms with Gasteiger partial charge < -0.3 is 14.5 Å². The van der Waals surface area contributed by atoms with Crippen molar-refractivity contribution in [2.75, 3.05) is 62.3 Å². The van der Waals surface area contributed by atoms with Crippen molar-refractivity contribution in [1.82, 2.24) is 14.9 Å². The summed E-state index contributed by atoms with van der Waals surface area (Å²) in [6, 6.07) is 2.79. The van der Waals surface area contributed by atoms with Gasteiger partial charge in [-0.15, -0.1) is 0 Å². The number of morpholine rings is 1. The number of hydrogen-bond acceptors (Lipinski definition) is 6. The minimum atomic E-state index is 0.648. The summed E-state index contributed by atoms with van der Waals surface area (Å²) in [5.74, 6) is 2.09. The number of hydrogen-bond donors (Lipinski definition) is 0. The molecule has 1 aliphatic carbocycles. The number of piperazine rings is 1. The minimum absolute atomic E-state index is 0.648. The Hall–Kier alpha value is -1.66. The Morgan fingerprint density at radius 1 is 0.917 bits per heavy atom. The molecule has 0 unspecified atom stereocenters. The molecule has 0 radical (unpaired) electrons. The van der Waals surface area contributed by atoms with E-state index >= 15 is 0 Å². The highest BCUT2D eigenvalue weighted by Gasteiger charge is 2.24. The first-order valence-corrected chi connectivity index (χ1v) is 9.20. The fraction of sp³-hybridized carbons (Fsp3) is 0.667. The van der Waals surface area contributed by atoms with Gasteiger partial charge in [0.1, 0.15) is 18.0 Å². The molecule has 6 heteroatoms. The maximum Gasteiger partial charge on any atom is 0.134 e. The van der Waals surface area contributed by atoms with E-state index in [1.165, 1.54) is 19.3 Å². The van der Waals surface area contributed by atoms with Crippen LogP contribution in [-0.4, -0.2) is 73.4 Å². The maximum atomic E-state index is 5.43. The van der Waals surface area contributed by atoms with Crippen molar-refractivity contribution in [2.45, 2.75) is 25.3 Å². The summed E-state index contributed by atoms with van der Waals surface area (Å²) in [6.45, 7) is 7.72. The van der Waals surface area contributed by atoms with Gasteiger partial charge in [-0.1, -0.05) is 12.2 Å². The van der Waals surface area contributed by atoms with Crippen molar-refractivity contribution < 1.29 is 4.74 Å². The van der Waals surface area contributed by atoms with Gasteiger partial charge in [0, 0.05) is 51.4 Å². The quantitative estimate of drug-likeness (QED) is 0.784. The van der Waals surface area contributed by atoms with E-state index in [2.05, 4.69) is 42.9 Å². The Morgan fingerprint density at radius 2 is 1.62 bits per heavy atom. The Labute approximate surface area is 144 Å². The van der Waals surface area contributed by atoms with Gasteiger partial charge in [0.15, 0.2) is 0 Å². The molecule has 0 N–H and O–H groups in total. The molecule has 1 atom stereocenters. The summed E-state index contributed by atoms with van der Waals surface area (Å²) in [7, 11) is 0. The van der Waals surface area contributed by atoms with E-state index in [0.29, 0.717) is 6.04 Å². The van der Waals surface area contributed by atoms with E-state index in [9.17, 15) is 0 Å². The average molecular weight is 329 g/mol. The lowest BCUT2D eigenvalue weighted by atomic mass is 10.0. The maximum absolute atomic E-state index is 5.43. The minimum Gasteiger partial charge on any atom is -0.378 e. The first-order valence-electron chi connectivity index (χ1n) is 9.20. The lowest BCUT2D eigenvalue weighted by molar-refractivity contribution is 0.122. The summed E-state index contributed by atoms with van der Waals surface area (Å²) in [6.07, 6.45) is 10.3. The summed E-state index contributed by atoms with van der Waals surface area (Å²) in [4.78, 5) is 16.3. The van der Waals surface area contributed by atoms with Crippen molar-refractivity contribution in [2.24, 2.45) is 0 Å². The number of ether oxygens (including phenoxy) is 1. The highest BCUT2D eigenvalue weighted by molar-refractivity contribution is 5.50. The van der Waals surface area contributed by atoms with Crippen LogP contribution in [0.1, 0.15) is 19.3 Å². The Balaban J connectivity index is 1.38. The number of anilines is 2. The van der Waals surface area contributed by atoms with Gasteiger partial charge in [-0.25, -0.2) is 9.97 Å². The summed E-state index contributed by atoms with van der Waals surface area (Å²) < 4.78 is 5.43. The van der Waals surface area contributed by atoms with Crippen LogP contribution in [0.4, 0.5) is 11.6 Å². The molecule has 3 heterocycles. The second kappa shape index (κ2) is 7.49. The zero-order valence-corrected chi connectivity index (χ0v) is 14.3. The molecule has 0 bridgehead atoms. The predicted octanol–water partition coefficient (Wildman–Crippen LogP) is 1.54. The number of aromatic nitrogens is 2. The second-order valence-electron chi connectivity index (χ2n) is 6.78. The van der Waals surface area contributed by atoms with E-state index < -0.39 is 0 Å². The fourth-order valence-corrected chi connectivity index (χ4v) is 3.86. The molecule has 130 valence electrons. The van der Waals surface area contributed by atoms with Gasteiger partial charge in [-0.05, 0) is 19.3 Å². The van der Waals surface area contributed by atoms with Gasteiger partial charge in [-0.2, -0.15) is 0 Å². The molecule has 6 nitrogen and oxygen atoms in total. The lowest BCUT2D eigenvalue weighted by Crippen LogP contribution is -2.50. The van der Waals surface area contributed by atoms with E-state index in [1.807, 2.05) is 0 Å². The van der Waals surface area contributed by atoms with Crippen LogP contribution in [-0.2, 0) is 4.74 Å². The topological polar surface area (TPSA) is 44.7 Å². The van der Waals surface area contributed by atoms with Crippen molar-refractivity contribution in [3.63, 3.8) is 0 Å². The van der Waals surface area contributed by atoms with E-state index in [0.717, 1.165) is 64.1 Å². The first-order chi connectivity index (χ1) is 11.9. The number of rotatable bonds is 3. The molecule has 2 saturated heterocycles. The van der Waals surface area contributed by atoms with Gasteiger partial charge in [0.25, 0.3) is 0 Å². The molecule has 0 saturated carbocycles. The third-order valence-corrected chi connectivity index (χ3v) is 5.31. The molecule has 24 heavy (non-hydrogen) atoms. The van der Waals surface area contributed by atoms with Crippen molar-refractivity contribution in [3.8, 4) is 0 Å². The molecule has 2 aliphatic heterocycles. The Morgan fingerprint density at radius 3 is 2.29 bits per heavy atom. The van der Waals surface area contributed by atoms with Gasteiger partial charge in [-0.3, -0.25) is 4.90 Å². The molecular weight excluding hydrogens is 302 g/mol. The van der Waals surface area contributed by atoms with Crippen LogP contribution in [0.25, 0.3) is 0 Å². The predicted molar refractivity (Wildman–Crippen MR) is 95.6 cm³/mol. The molecule has 0 amide bonds. The lowest BCUT2D eigenvalue weighted by Gasteiger charge is -2.39. The van der Waals surface area contributed by atoms with Crippen molar-refractivity contribution >= 4 is 11.6 Å². The molecule has 1 aromatic heterocycles. The van der Waals surface area contributed by atoms with Gasteiger partial charge in [0.05, 0.1) is 13.2 Å². The summed E-state index contributed by atoms with van der Waals surface area (Å²) in [5, 5.41) is 0. The summed E-state index contributed by atoms with van der Waals surface area (Å²) >= 11 is 0. The zero-order valence-electron chi connectivity index (χ0n) is 14.3. The van der Waals surface area contributed by atoms with Crippen LogP contribution in [0, 0.1) is 0 Å². The van der Waals surface area contributed by atoms with E-state index in [4.69, 9.17) is 4.74 Å². The molecular formula is C18H27N5O. The monoisotopic (exact) mass is 329 g/mol. The van der Waals surface area contributed by atoms with Crippen molar-refractivity contribution in [1.29, 1.82) is 0 Å². The normalized spacial score (nSPS) is 25.9. The van der Waals surface area contributed by atoms with Crippen LogP contribution in [0.15, 0.2) is 24.5 Å². The molecule has 0 spiro atoms. The van der Waals surface area contributed by atoms with Gasteiger partial charge in [0.2, 0.25) is 0 Å². The average Bonchev–Trinajstić information content (AvgIpc) is 2.70. The van der Waals surface area contributed by atoms with Gasteiger partial charge >= 0.3 is 0 Å². The number of nitrogens with zero attached hydrogens (tertiary/aromatic N) is 5. The number of allylic oxidation sites excluding steroid dienone is 1. The van der Waals surface area contributed by atoms with Crippen LogP contribution < -0.4 is 9.80 Å².